The molecule has 1 heterocycles. The van der Waals surface area contributed by atoms with E-state index in [0.29, 0.717) is 5.69 Å². The lowest BCUT2D eigenvalue weighted by Crippen LogP contribution is -2.10. The summed E-state index contributed by atoms with van der Waals surface area (Å²) < 4.78 is 5.64. The first-order valence-electron chi connectivity index (χ1n) is 7.64. The number of aliphatic imine (C=N–C) groups is 1. The largest absolute Gasteiger partial charge is 0.434 e. The van der Waals surface area contributed by atoms with Crippen LogP contribution in [0.3, 0.4) is 0 Å². The average Bonchev–Trinajstić information content (AvgIpc) is 2.56. The van der Waals surface area contributed by atoms with Crippen molar-refractivity contribution < 1.29 is 9.53 Å². The lowest BCUT2D eigenvalue weighted by molar-refractivity contribution is 0.0938. The zero-order valence-electron chi connectivity index (χ0n) is 14.6. The zero-order chi connectivity index (χ0) is 19.4. The molecular formula is C17H17Cl3N4O2. The molecule has 0 saturated heterocycles. The first-order valence-corrected chi connectivity index (χ1v) is 8.77. The number of halogens is 3. The fourth-order valence-electron chi connectivity index (χ4n) is 1.90. The van der Waals surface area contributed by atoms with Crippen molar-refractivity contribution in [2.24, 2.45) is 10.9 Å². The van der Waals surface area contributed by atoms with E-state index >= 15 is 0 Å². The molecule has 0 amide bonds. The van der Waals surface area contributed by atoms with Gasteiger partial charge in [0.2, 0.25) is 5.88 Å². The van der Waals surface area contributed by atoms with Crippen LogP contribution in [0.5, 0.6) is 11.6 Å². The molecular weight excluding hydrogens is 399 g/mol. The highest BCUT2D eigenvalue weighted by Crippen LogP contribution is 2.39. The van der Waals surface area contributed by atoms with Gasteiger partial charge in [-0.05, 0) is 12.1 Å². The van der Waals surface area contributed by atoms with Gasteiger partial charge in [-0.2, -0.15) is 0 Å². The summed E-state index contributed by atoms with van der Waals surface area (Å²) in [6.45, 7) is 3.53. The summed E-state index contributed by atoms with van der Waals surface area (Å²) in [5, 5.41) is 8.10. The normalized spacial score (nSPS) is 11.2. The highest BCUT2D eigenvalue weighted by atomic mass is 35.5. The Morgan fingerprint density at radius 1 is 1.15 bits per heavy atom. The van der Waals surface area contributed by atoms with E-state index in [2.05, 4.69) is 15.2 Å². The van der Waals surface area contributed by atoms with Crippen LogP contribution in [-0.4, -0.2) is 41.3 Å². The predicted molar refractivity (Wildman–Crippen MR) is 105 cm³/mol. The van der Waals surface area contributed by atoms with E-state index in [9.17, 15) is 4.79 Å². The van der Waals surface area contributed by atoms with Gasteiger partial charge in [0.25, 0.3) is 0 Å². The second-order valence-electron chi connectivity index (χ2n) is 5.95. The topological polar surface area (TPSA) is 67.7 Å². The quantitative estimate of drug-likeness (QED) is 0.364. The Bertz CT molecular complexity index is 831. The Labute approximate surface area is 166 Å². The van der Waals surface area contributed by atoms with Gasteiger partial charge in [-0.1, -0.05) is 48.7 Å². The van der Waals surface area contributed by atoms with Crippen molar-refractivity contribution in [3.8, 4) is 11.6 Å². The molecule has 0 aliphatic rings. The predicted octanol–water partition coefficient (Wildman–Crippen LogP) is 5.29. The van der Waals surface area contributed by atoms with Gasteiger partial charge in [-0.3, -0.25) is 4.79 Å². The third-order valence-electron chi connectivity index (χ3n) is 3.14. The summed E-state index contributed by atoms with van der Waals surface area (Å²) in [7, 11) is 3.69. The van der Waals surface area contributed by atoms with Crippen LogP contribution in [0.2, 0.25) is 15.2 Å². The number of hydrogen-bond donors (Lipinski definition) is 0. The number of aromatic nitrogens is 2. The minimum absolute atomic E-state index is 0.0154. The molecule has 138 valence electrons. The van der Waals surface area contributed by atoms with Crippen molar-refractivity contribution in [1.82, 2.24) is 15.1 Å². The van der Waals surface area contributed by atoms with Crippen molar-refractivity contribution in [2.45, 2.75) is 13.8 Å². The van der Waals surface area contributed by atoms with E-state index in [0.717, 1.165) is 0 Å². The van der Waals surface area contributed by atoms with Gasteiger partial charge in [0.15, 0.2) is 16.7 Å². The maximum Gasteiger partial charge on any atom is 0.239 e. The van der Waals surface area contributed by atoms with Crippen LogP contribution >= 0.6 is 34.8 Å². The molecule has 0 N–H and O–H groups in total. The summed E-state index contributed by atoms with van der Waals surface area (Å²) in [5.74, 6) is -0.158. The monoisotopic (exact) mass is 414 g/mol. The SMILES string of the molecule is CC(C)C(=O)c1cc(Oc2c(Cl)cc(/N=C\N(C)C)cc2Cl)nnc1Cl. The molecule has 0 bridgehead atoms. The summed E-state index contributed by atoms with van der Waals surface area (Å²) in [4.78, 5) is 18.2. The molecule has 0 spiro atoms. The Morgan fingerprint density at radius 3 is 2.31 bits per heavy atom. The second-order valence-corrected chi connectivity index (χ2v) is 7.13. The first kappa shape index (κ1) is 20.4. The molecule has 0 unspecified atom stereocenters. The molecule has 2 aromatic rings. The molecule has 0 aliphatic carbocycles. The van der Waals surface area contributed by atoms with Gasteiger partial charge in [-0.15, -0.1) is 10.2 Å². The van der Waals surface area contributed by atoms with Crippen LogP contribution in [0.25, 0.3) is 0 Å². The smallest absolute Gasteiger partial charge is 0.239 e. The number of ether oxygens (including phenoxy) is 1. The number of rotatable bonds is 6. The van der Waals surface area contributed by atoms with Gasteiger partial charge >= 0.3 is 0 Å². The van der Waals surface area contributed by atoms with Crippen molar-refractivity contribution in [3.05, 3.63) is 39.0 Å². The highest BCUT2D eigenvalue weighted by molar-refractivity contribution is 6.37. The molecule has 6 nitrogen and oxygen atoms in total. The number of ketones is 1. The molecule has 26 heavy (non-hydrogen) atoms. The van der Waals surface area contributed by atoms with Crippen LogP contribution in [-0.2, 0) is 0 Å². The van der Waals surface area contributed by atoms with Crippen molar-refractivity contribution in [2.75, 3.05) is 14.1 Å². The molecule has 2 rings (SSSR count). The Hall–Kier alpha value is -1.89. The van der Waals surface area contributed by atoms with Crippen molar-refractivity contribution in [3.63, 3.8) is 0 Å². The maximum absolute atomic E-state index is 12.2. The van der Waals surface area contributed by atoms with Gasteiger partial charge in [0.1, 0.15) is 0 Å². The minimum Gasteiger partial charge on any atom is -0.434 e. The molecule has 0 fully saturated rings. The van der Waals surface area contributed by atoms with Crippen LogP contribution in [0.15, 0.2) is 23.2 Å². The molecule has 0 atom stereocenters. The third-order valence-corrected chi connectivity index (χ3v) is 3.98. The molecule has 9 heteroatoms. The standard InChI is InChI=1S/C17H17Cl3N4O2/c1-9(2)15(25)11-7-14(22-23-17(11)20)26-16-12(18)5-10(6-13(16)19)21-8-24(3)4/h5-9H,1-4H3/b21-8-. The van der Waals surface area contributed by atoms with Crippen molar-refractivity contribution in [1.29, 1.82) is 0 Å². The lowest BCUT2D eigenvalue weighted by atomic mass is 10.0. The Kier molecular flexibility index (Phi) is 6.81. The number of Topliss-reactive ketones (excluding diaryl/α,β-unsaturated/α-hetero) is 1. The van der Waals surface area contributed by atoms with Gasteiger partial charge in [0.05, 0.1) is 27.6 Å². The fourth-order valence-corrected chi connectivity index (χ4v) is 2.64. The highest BCUT2D eigenvalue weighted by Gasteiger charge is 2.19. The molecule has 0 aliphatic heterocycles. The fraction of sp³-hybridized carbons (Fsp3) is 0.294. The summed E-state index contributed by atoms with van der Waals surface area (Å²) >= 11 is 18.5. The van der Waals surface area contributed by atoms with Gasteiger partial charge < -0.3 is 9.64 Å². The van der Waals surface area contributed by atoms with Crippen LogP contribution in [0.1, 0.15) is 24.2 Å². The van der Waals surface area contributed by atoms with Crippen LogP contribution < -0.4 is 4.74 Å². The number of hydrogen-bond acceptors (Lipinski definition) is 5. The van der Waals surface area contributed by atoms with E-state index in [4.69, 9.17) is 39.5 Å². The number of carbonyl (C=O) groups excluding carboxylic acids is 1. The lowest BCUT2D eigenvalue weighted by Gasteiger charge is -2.11. The van der Waals surface area contributed by atoms with Gasteiger partial charge in [-0.25, -0.2) is 4.99 Å². The first-order chi connectivity index (χ1) is 12.2. The number of nitrogens with zero attached hydrogens (tertiary/aromatic N) is 4. The van der Waals surface area contributed by atoms with E-state index in [1.165, 1.54) is 6.07 Å². The van der Waals surface area contributed by atoms with Gasteiger partial charge in [0, 0.05) is 26.1 Å². The Balaban J connectivity index is 2.34. The molecule has 1 aromatic carbocycles. The molecule has 0 saturated carbocycles. The number of carbonyl (C=O) groups is 1. The summed E-state index contributed by atoms with van der Waals surface area (Å²) in [6.07, 6.45) is 1.62. The van der Waals surface area contributed by atoms with E-state index in [1.807, 2.05) is 14.1 Å². The van der Waals surface area contributed by atoms with E-state index in [1.54, 1.807) is 37.2 Å². The minimum atomic E-state index is -0.245. The summed E-state index contributed by atoms with van der Waals surface area (Å²) in [5.41, 5.74) is 0.796. The zero-order valence-corrected chi connectivity index (χ0v) is 16.9. The maximum atomic E-state index is 12.2. The molecule has 0 radical (unpaired) electrons. The van der Waals surface area contributed by atoms with Crippen LogP contribution in [0, 0.1) is 5.92 Å². The van der Waals surface area contributed by atoms with E-state index < -0.39 is 0 Å². The average molecular weight is 416 g/mol. The molecule has 1 aromatic heterocycles. The third kappa shape index (κ3) is 5.06. The number of benzene rings is 1. The second kappa shape index (κ2) is 8.66. The van der Waals surface area contributed by atoms with E-state index in [-0.39, 0.29) is 44.1 Å². The van der Waals surface area contributed by atoms with Crippen LogP contribution in [0.4, 0.5) is 5.69 Å². The summed E-state index contributed by atoms with van der Waals surface area (Å²) in [6, 6.07) is 4.63. The van der Waals surface area contributed by atoms with Crippen molar-refractivity contribution >= 4 is 52.6 Å². The Morgan fingerprint density at radius 2 is 1.77 bits per heavy atom.